The van der Waals surface area contributed by atoms with Crippen molar-refractivity contribution in [1.82, 2.24) is 19.6 Å². The number of fused-ring (bicyclic) bond motifs is 1. The van der Waals surface area contributed by atoms with Crippen molar-refractivity contribution in [3.8, 4) is 11.5 Å². The van der Waals surface area contributed by atoms with Crippen molar-refractivity contribution < 1.29 is 14.3 Å². The van der Waals surface area contributed by atoms with Crippen LogP contribution in [0.3, 0.4) is 0 Å². The lowest BCUT2D eigenvalue weighted by molar-refractivity contribution is 0.0534. The highest BCUT2D eigenvalue weighted by Gasteiger charge is 2.28. The number of amides is 2. The molecule has 2 aliphatic heterocycles. The normalized spacial score (nSPS) is 15.9. The quantitative estimate of drug-likeness (QED) is 0.634. The van der Waals surface area contributed by atoms with E-state index in [1.54, 1.807) is 18.3 Å². The first kappa shape index (κ1) is 20.3. The number of aromatic nitrogens is 2. The van der Waals surface area contributed by atoms with E-state index in [2.05, 4.69) is 5.10 Å². The first-order valence-corrected chi connectivity index (χ1v) is 11.2. The standard InChI is InChI=1S/C25H26N4O3/c30-24(19-9-11-21(12-10-19)32-20-6-2-1-3-7-20)27-14-16-28(17-15-27)25(31)22-18-26-29-13-5-4-8-23(22)29/h1-3,6-7,9-12,18H,4-5,8,13-17H2. The van der Waals surface area contributed by atoms with E-state index < -0.39 is 0 Å². The Balaban J connectivity index is 1.18. The monoisotopic (exact) mass is 430 g/mol. The molecule has 2 aromatic carbocycles. The molecule has 164 valence electrons. The molecule has 0 aliphatic carbocycles. The summed E-state index contributed by atoms with van der Waals surface area (Å²) in [5.74, 6) is 1.45. The molecule has 0 N–H and O–H groups in total. The maximum absolute atomic E-state index is 13.0. The smallest absolute Gasteiger partial charge is 0.257 e. The highest BCUT2D eigenvalue weighted by Crippen LogP contribution is 2.23. The van der Waals surface area contributed by atoms with E-state index in [0.29, 0.717) is 37.5 Å². The fraction of sp³-hybridized carbons (Fsp3) is 0.320. The fourth-order valence-corrected chi connectivity index (χ4v) is 4.36. The molecule has 2 aliphatic rings. The van der Waals surface area contributed by atoms with Crippen LogP contribution in [0.4, 0.5) is 0 Å². The number of para-hydroxylation sites is 1. The summed E-state index contributed by atoms with van der Waals surface area (Å²) in [7, 11) is 0. The minimum atomic E-state index is -0.0220. The van der Waals surface area contributed by atoms with Crippen LogP contribution in [0.2, 0.25) is 0 Å². The van der Waals surface area contributed by atoms with Crippen molar-refractivity contribution in [2.45, 2.75) is 25.8 Å². The lowest BCUT2D eigenvalue weighted by Crippen LogP contribution is -2.50. The second-order valence-electron chi connectivity index (χ2n) is 8.21. The van der Waals surface area contributed by atoms with Gasteiger partial charge in [0.05, 0.1) is 17.5 Å². The fourth-order valence-electron chi connectivity index (χ4n) is 4.36. The van der Waals surface area contributed by atoms with Gasteiger partial charge in [-0.1, -0.05) is 18.2 Å². The molecule has 0 radical (unpaired) electrons. The van der Waals surface area contributed by atoms with E-state index in [4.69, 9.17) is 4.74 Å². The van der Waals surface area contributed by atoms with Gasteiger partial charge in [0.1, 0.15) is 11.5 Å². The molecule has 1 saturated heterocycles. The summed E-state index contributed by atoms with van der Waals surface area (Å²) >= 11 is 0. The predicted octanol–water partition coefficient (Wildman–Crippen LogP) is 3.61. The van der Waals surface area contributed by atoms with E-state index in [-0.39, 0.29) is 11.8 Å². The van der Waals surface area contributed by atoms with Gasteiger partial charge in [0.25, 0.3) is 11.8 Å². The van der Waals surface area contributed by atoms with Gasteiger partial charge in [-0.3, -0.25) is 14.3 Å². The Morgan fingerprint density at radius 2 is 1.41 bits per heavy atom. The van der Waals surface area contributed by atoms with Crippen LogP contribution in [-0.2, 0) is 13.0 Å². The second-order valence-corrected chi connectivity index (χ2v) is 8.21. The molecule has 0 saturated carbocycles. The molecule has 3 heterocycles. The van der Waals surface area contributed by atoms with Crippen LogP contribution in [0, 0.1) is 0 Å². The van der Waals surface area contributed by atoms with Crippen LogP contribution >= 0.6 is 0 Å². The van der Waals surface area contributed by atoms with Gasteiger partial charge < -0.3 is 14.5 Å². The van der Waals surface area contributed by atoms with Gasteiger partial charge in [-0.25, -0.2) is 0 Å². The minimum Gasteiger partial charge on any atom is -0.457 e. The molecule has 0 atom stereocenters. The molecule has 7 heteroatoms. The number of carbonyl (C=O) groups excluding carboxylic acids is 2. The van der Waals surface area contributed by atoms with E-state index in [1.165, 1.54) is 0 Å². The third-order valence-corrected chi connectivity index (χ3v) is 6.15. The Labute approximate surface area is 187 Å². The van der Waals surface area contributed by atoms with Crippen molar-refractivity contribution >= 4 is 11.8 Å². The Morgan fingerprint density at radius 3 is 2.12 bits per heavy atom. The molecule has 0 bridgehead atoms. The minimum absolute atomic E-state index is 0.0220. The molecule has 5 rings (SSSR count). The number of ether oxygens (including phenoxy) is 1. The van der Waals surface area contributed by atoms with Crippen LogP contribution < -0.4 is 4.74 Å². The highest BCUT2D eigenvalue weighted by molar-refractivity contribution is 5.96. The molecule has 2 amide bonds. The zero-order valence-corrected chi connectivity index (χ0v) is 17.9. The Bertz CT molecular complexity index is 1100. The maximum Gasteiger partial charge on any atom is 0.257 e. The van der Waals surface area contributed by atoms with E-state index >= 15 is 0 Å². The Hall–Kier alpha value is -3.61. The number of hydrogen-bond donors (Lipinski definition) is 0. The van der Waals surface area contributed by atoms with Gasteiger partial charge >= 0.3 is 0 Å². The van der Waals surface area contributed by atoms with Gasteiger partial charge in [-0.2, -0.15) is 5.10 Å². The van der Waals surface area contributed by atoms with Crippen molar-refractivity contribution in [3.63, 3.8) is 0 Å². The van der Waals surface area contributed by atoms with Crippen molar-refractivity contribution in [3.05, 3.63) is 77.6 Å². The van der Waals surface area contributed by atoms with Crippen LogP contribution in [0.5, 0.6) is 11.5 Å². The van der Waals surface area contributed by atoms with Gasteiger partial charge in [-0.05, 0) is 55.7 Å². The summed E-state index contributed by atoms with van der Waals surface area (Å²) in [6.07, 6.45) is 4.83. The van der Waals surface area contributed by atoms with Crippen LogP contribution in [0.1, 0.15) is 39.3 Å². The molecular formula is C25H26N4O3. The van der Waals surface area contributed by atoms with E-state index in [1.807, 2.05) is 56.9 Å². The van der Waals surface area contributed by atoms with Gasteiger partial charge in [-0.15, -0.1) is 0 Å². The number of nitrogens with zero attached hydrogens (tertiary/aromatic N) is 4. The summed E-state index contributed by atoms with van der Waals surface area (Å²) in [5, 5.41) is 4.38. The first-order chi connectivity index (χ1) is 15.7. The Morgan fingerprint density at radius 1 is 0.750 bits per heavy atom. The number of piperazine rings is 1. The third kappa shape index (κ3) is 4.10. The molecule has 32 heavy (non-hydrogen) atoms. The van der Waals surface area contributed by atoms with Crippen LogP contribution in [0.15, 0.2) is 60.8 Å². The van der Waals surface area contributed by atoms with Crippen molar-refractivity contribution in [2.24, 2.45) is 0 Å². The number of hydrogen-bond acceptors (Lipinski definition) is 4. The largest absolute Gasteiger partial charge is 0.457 e. The summed E-state index contributed by atoms with van der Waals surface area (Å²) in [5.41, 5.74) is 2.40. The lowest BCUT2D eigenvalue weighted by atomic mass is 10.1. The zero-order valence-electron chi connectivity index (χ0n) is 17.9. The molecule has 0 unspecified atom stereocenters. The molecule has 1 aromatic heterocycles. The summed E-state index contributed by atoms with van der Waals surface area (Å²) < 4.78 is 7.76. The summed E-state index contributed by atoms with van der Waals surface area (Å²) in [4.78, 5) is 29.6. The molecule has 0 spiro atoms. The number of benzene rings is 2. The SMILES string of the molecule is O=C(c1ccc(Oc2ccccc2)cc1)N1CCN(C(=O)c2cnn3c2CCCC3)CC1. The molecule has 3 aromatic rings. The first-order valence-electron chi connectivity index (χ1n) is 11.2. The zero-order chi connectivity index (χ0) is 21.9. The average Bonchev–Trinajstić information content (AvgIpc) is 3.29. The van der Waals surface area contributed by atoms with Gasteiger partial charge in [0.2, 0.25) is 0 Å². The molecular weight excluding hydrogens is 404 g/mol. The van der Waals surface area contributed by atoms with Crippen LogP contribution in [0.25, 0.3) is 0 Å². The van der Waals surface area contributed by atoms with Gasteiger partial charge in [0, 0.05) is 38.3 Å². The average molecular weight is 431 g/mol. The predicted molar refractivity (Wildman–Crippen MR) is 120 cm³/mol. The lowest BCUT2D eigenvalue weighted by Gasteiger charge is -2.35. The van der Waals surface area contributed by atoms with Gasteiger partial charge in [0.15, 0.2) is 0 Å². The topological polar surface area (TPSA) is 67.7 Å². The van der Waals surface area contributed by atoms with E-state index in [0.717, 1.165) is 42.8 Å². The summed E-state index contributed by atoms with van der Waals surface area (Å²) in [6, 6.07) is 16.7. The second kappa shape index (κ2) is 8.86. The summed E-state index contributed by atoms with van der Waals surface area (Å²) in [6.45, 7) is 3.00. The van der Waals surface area contributed by atoms with Crippen molar-refractivity contribution in [1.29, 1.82) is 0 Å². The van der Waals surface area contributed by atoms with Crippen LogP contribution in [-0.4, -0.2) is 57.6 Å². The van der Waals surface area contributed by atoms with E-state index in [9.17, 15) is 9.59 Å². The third-order valence-electron chi connectivity index (χ3n) is 6.15. The highest BCUT2D eigenvalue weighted by atomic mass is 16.5. The number of rotatable bonds is 4. The maximum atomic E-state index is 13.0. The molecule has 1 fully saturated rings. The number of carbonyl (C=O) groups is 2. The Kier molecular flexibility index (Phi) is 5.62. The molecule has 7 nitrogen and oxygen atoms in total. The van der Waals surface area contributed by atoms with Crippen molar-refractivity contribution in [2.75, 3.05) is 26.2 Å². The number of aryl methyl sites for hydroxylation is 1.